The molecule has 2 aromatic rings. The average Bonchev–Trinajstić information content (AvgIpc) is 3.07. The van der Waals surface area contributed by atoms with Crippen LogP contribution in [0.15, 0.2) is 47.6 Å². The van der Waals surface area contributed by atoms with Gasteiger partial charge in [-0.25, -0.2) is 18.1 Å². The second-order valence-corrected chi connectivity index (χ2v) is 10.5. The fraction of sp³-hybridized carbons (Fsp3) is 0.391. The van der Waals surface area contributed by atoms with Crippen molar-refractivity contribution >= 4 is 33.4 Å². The molecule has 0 saturated carbocycles. The summed E-state index contributed by atoms with van der Waals surface area (Å²) in [6.45, 7) is 2.67. The van der Waals surface area contributed by atoms with Gasteiger partial charge in [0.2, 0.25) is 0 Å². The van der Waals surface area contributed by atoms with E-state index in [1.807, 2.05) is 0 Å². The maximum absolute atomic E-state index is 13.2. The highest BCUT2D eigenvalue weighted by Gasteiger charge is 2.47. The monoisotopic (exact) mass is 524 g/mol. The Labute approximate surface area is 205 Å². The lowest BCUT2D eigenvalue weighted by atomic mass is 10.1. The SMILES string of the molecule is CC1C(=O)N(c2ccc(S(=O)(=O)C(F)(F)F)cc2)C(=O)N1Cc1ccncc1C(=O)N1CCCCC1. The number of hydrogen-bond acceptors (Lipinski definition) is 6. The first-order chi connectivity index (χ1) is 16.9. The van der Waals surface area contributed by atoms with Crippen LogP contribution in [0.2, 0.25) is 0 Å². The smallest absolute Gasteiger partial charge is 0.339 e. The molecule has 3 heterocycles. The molecule has 9 nitrogen and oxygen atoms in total. The van der Waals surface area contributed by atoms with Crippen LogP contribution in [0.25, 0.3) is 0 Å². The number of carbonyl (C=O) groups excluding carboxylic acids is 3. The van der Waals surface area contributed by atoms with E-state index in [1.165, 1.54) is 24.2 Å². The molecule has 13 heteroatoms. The van der Waals surface area contributed by atoms with E-state index in [0.29, 0.717) is 36.3 Å². The van der Waals surface area contributed by atoms with Crippen molar-refractivity contribution in [3.8, 4) is 0 Å². The fourth-order valence-corrected chi connectivity index (χ4v) is 5.02. The predicted molar refractivity (Wildman–Crippen MR) is 122 cm³/mol. The van der Waals surface area contributed by atoms with Crippen LogP contribution in [0, 0.1) is 0 Å². The van der Waals surface area contributed by atoms with Crippen molar-refractivity contribution < 1.29 is 36.0 Å². The first kappa shape index (κ1) is 25.6. The van der Waals surface area contributed by atoms with E-state index in [2.05, 4.69) is 4.98 Å². The molecule has 2 saturated heterocycles. The molecule has 36 heavy (non-hydrogen) atoms. The summed E-state index contributed by atoms with van der Waals surface area (Å²) in [6.07, 6.45) is 5.75. The largest absolute Gasteiger partial charge is 0.501 e. The summed E-state index contributed by atoms with van der Waals surface area (Å²) in [4.78, 5) is 45.9. The lowest BCUT2D eigenvalue weighted by molar-refractivity contribution is -0.119. The number of likely N-dealkylation sites (tertiary alicyclic amines) is 1. The summed E-state index contributed by atoms with van der Waals surface area (Å²) in [5.74, 6) is -0.842. The Hall–Kier alpha value is -3.48. The van der Waals surface area contributed by atoms with E-state index in [0.717, 1.165) is 36.3 Å². The van der Waals surface area contributed by atoms with Crippen molar-refractivity contribution in [3.05, 3.63) is 53.9 Å². The summed E-state index contributed by atoms with van der Waals surface area (Å²) < 4.78 is 61.7. The number of nitrogens with zero attached hydrogens (tertiary/aromatic N) is 4. The second-order valence-electron chi connectivity index (χ2n) is 8.59. The van der Waals surface area contributed by atoms with Gasteiger partial charge >= 0.3 is 11.5 Å². The predicted octanol–water partition coefficient (Wildman–Crippen LogP) is 3.36. The standard InChI is InChI=1S/C23H23F3N4O5S/c1-15-20(31)30(17-5-7-18(8-6-17)36(34,35)23(24,25)26)22(33)29(15)14-16-9-10-27-13-19(16)21(32)28-11-3-2-4-12-28/h5-10,13,15H,2-4,11-12,14H2,1H3. The molecule has 0 bridgehead atoms. The van der Waals surface area contributed by atoms with Crippen LogP contribution in [-0.2, 0) is 21.2 Å². The van der Waals surface area contributed by atoms with Crippen LogP contribution >= 0.6 is 0 Å². The molecule has 2 fully saturated rings. The first-order valence-corrected chi connectivity index (χ1v) is 12.7. The van der Waals surface area contributed by atoms with E-state index in [1.54, 1.807) is 11.0 Å². The number of pyridine rings is 1. The minimum atomic E-state index is -5.57. The molecule has 1 aromatic heterocycles. The van der Waals surface area contributed by atoms with Gasteiger partial charge in [-0.05, 0) is 62.1 Å². The van der Waals surface area contributed by atoms with Crippen LogP contribution in [0.4, 0.5) is 23.7 Å². The van der Waals surface area contributed by atoms with Crippen LogP contribution < -0.4 is 4.90 Å². The van der Waals surface area contributed by atoms with Crippen molar-refractivity contribution in [2.75, 3.05) is 18.0 Å². The third-order valence-electron chi connectivity index (χ3n) is 6.32. The van der Waals surface area contributed by atoms with Crippen molar-refractivity contribution in [3.63, 3.8) is 0 Å². The number of sulfone groups is 1. The zero-order valence-electron chi connectivity index (χ0n) is 19.2. The molecule has 1 unspecified atom stereocenters. The molecule has 192 valence electrons. The maximum atomic E-state index is 13.2. The van der Waals surface area contributed by atoms with E-state index < -0.39 is 38.2 Å². The highest BCUT2D eigenvalue weighted by Crippen LogP contribution is 2.33. The summed E-state index contributed by atoms with van der Waals surface area (Å²) in [6, 6.07) is 3.27. The molecule has 1 aromatic carbocycles. The zero-order chi connectivity index (χ0) is 26.3. The number of amides is 4. The van der Waals surface area contributed by atoms with E-state index in [-0.39, 0.29) is 18.1 Å². The molecule has 0 aliphatic carbocycles. The van der Waals surface area contributed by atoms with Gasteiger partial charge in [0.15, 0.2) is 0 Å². The molecule has 0 spiro atoms. The number of halogens is 3. The van der Waals surface area contributed by atoms with Gasteiger partial charge in [0.05, 0.1) is 16.1 Å². The topological polar surface area (TPSA) is 108 Å². The number of hydrogen-bond donors (Lipinski definition) is 0. The first-order valence-electron chi connectivity index (χ1n) is 11.2. The molecule has 1 atom stereocenters. The number of piperidine rings is 1. The number of anilines is 1. The van der Waals surface area contributed by atoms with Gasteiger partial charge < -0.3 is 9.80 Å². The number of carbonyl (C=O) groups is 3. The summed E-state index contributed by atoms with van der Waals surface area (Å²) >= 11 is 0. The van der Waals surface area contributed by atoms with Crippen LogP contribution in [0.3, 0.4) is 0 Å². The van der Waals surface area contributed by atoms with Gasteiger partial charge in [0.25, 0.3) is 21.7 Å². The van der Waals surface area contributed by atoms with E-state index >= 15 is 0 Å². The normalized spacial score (nSPS) is 19.2. The third kappa shape index (κ3) is 4.54. The third-order valence-corrected chi connectivity index (χ3v) is 7.82. The molecule has 0 N–H and O–H groups in total. The van der Waals surface area contributed by atoms with Crippen molar-refractivity contribution in [1.29, 1.82) is 0 Å². The summed E-state index contributed by atoms with van der Waals surface area (Å²) in [7, 11) is -5.57. The van der Waals surface area contributed by atoms with E-state index in [9.17, 15) is 36.0 Å². The molecule has 2 aliphatic heterocycles. The summed E-state index contributed by atoms with van der Waals surface area (Å²) in [5, 5.41) is 0. The fourth-order valence-electron chi connectivity index (χ4n) is 4.26. The summed E-state index contributed by atoms with van der Waals surface area (Å²) in [5.41, 5.74) is -4.72. The number of rotatable bonds is 5. The van der Waals surface area contributed by atoms with Gasteiger partial charge in [-0.2, -0.15) is 13.2 Å². The van der Waals surface area contributed by atoms with Crippen molar-refractivity contribution in [2.45, 2.75) is 49.2 Å². The Morgan fingerprint density at radius 2 is 1.69 bits per heavy atom. The van der Waals surface area contributed by atoms with Gasteiger partial charge in [0, 0.05) is 32.0 Å². The number of aromatic nitrogens is 1. The second kappa shape index (κ2) is 9.52. The lowest BCUT2D eigenvalue weighted by Gasteiger charge is -2.28. The molecule has 0 radical (unpaired) electrons. The maximum Gasteiger partial charge on any atom is 0.501 e. The van der Waals surface area contributed by atoms with Gasteiger partial charge in [-0.1, -0.05) is 0 Å². The van der Waals surface area contributed by atoms with Gasteiger partial charge in [-0.3, -0.25) is 14.6 Å². The number of urea groups is 1. The molecular weight excluding hydrogens is 501 g/mol. The van der Waals surface area contributed by atoms with Crippen LogP contribution in [-0.4, -0.2) is 65.7 Å². The van der Waals surface area contributed by atoms with Gasteiger partial charge in [-0.15, -0.1) is 0 Å². The lowest BCUT2D eigenvalue weighted by Crippen LogP contribution is -2.37. The van der Waals surface area contributed by atoms with E-state index in [4.69, 9.17) is 0 Å². The Morgan fingerprint density at radius 3 is 2.31 bits per heavy atom. The highest BCUT2D eigenvalue weighted by atomic mass is 32.2. The van der Waals surface area contributed by atoms with Crippen LogP contribution in [0.1, 0.15) is 42.1 Å². The number of imide groups is 1. The van der Waals surface area contributed by atoms with Crippen molar-refractivity contribution in [1.82, 2.24) is 14.8 Å². The minimum absolute atomic E-state index is 0.0692. The quantitative estimate of drug-likeness (QED) is 0.555. The Morgan fingerprint density at radius 1 is 1.06 bits per heavy atom. The Balaban J connectivity index is 1.58. The number of alkyl halides is 3. The number of benzene rings is 1. The molecule has 4 rings (SSSR count). The highest BCUT2D eigenvalue weighted by molar-refractivity contribution is 7.92. The Bertz CT molecular complexity index is 1290. The molecular formula is C23H23F3N4O5S. The zero-order valence-corrected chi connectivity index (χ0v) is 20.1. The van der Waals surface area contributed by atoms with Crippen molar-refractivity contribution in [2.24, 2.45) is 0 Å². The molecule has 4 amide bonds. The Kier molecular flexibility index (Phi) is 6.78. The minimum Gasteiger partial charge on any atom is -0.339 e. The van der Waals surface area contributed by atoms with Gasteiger partial charge in [0.1, 0.15) is 6.04 Å². The van der Waals surface area contributed by atoms with Crippen LogP contribution in [0.5, 0.6) is 0 Å². The average molecular weight is 525 g/mol. The molecule has 2 aliphatic rings.